The standard InChI is InChI=1S/C64H57N7O/c1-72-60-45-49(41-43-66-60)57(42-44-65-56-39-37-48(38-40-56)47-23-9-2-10-24-47)58-46-59(68-63(50-25-11-3-12-26-50,51-27-13-4-14-28-51)52-29-15-5-16-30-52)67-62-61(58)69-70-71(62)64(53-31-17-6-18-32-53,54-33-19-7-20-34-54)55-35-21-8-22-36-55/h2-36,41-43,45-46,48,56,65H,37-40,44H2,1H3,(H,67,68)/b57-42+. The molecular weight excluding hydrogens is 883 g/mol. The molecule has 0 atom stereocenters. The number of aromatic nitrogens is 5. The Morgan fingerprint density at radius 3 is 1.54 bits per heavy atom. The van der Waals surface area contributed by atoms with E-state index in [0.717, 1.165) is 75.8 Å². The Labute approximate surface area is 422 Å². The van der Waals surface area contributed by atoms with E-state index >= 15 is 0 Å². The third-order valence-electron chi connectivity index (χ3n) is 14.5. The van der Waals surface area contributed by atoms with Gasteiger partial charge >= 0.3 is 0 Å². The summed E-state index contributed by atoms with van der Waals surface area (Å²) in [5, 5.41) is 18.6. The predicted octanol–water partition coefficient (Wildman–Crippen LogP) is 13.2. The van der Waals surface area contributed by atoms with Crippen molar-refractivity contribution in [2.45, 2.75) is 48.7 Å². The maximum absolute atomic E-state index is 5.80. The number of anilines is 1. The van der Waals surface area contributed by atoms with Crippen LogP contribution in [0.2, 0.25) is 0 Å². The fourth-order valence-electron chi connectivity index (χ4n) is 11.0. The summed E-state index contributed by atoms with van der Waals surface area (Å²) in [6, 6.07) is 81.3. The summed E-state index contributed by atoms with van der Waals surface area (Å²) in [6.07, 6.45) is 8.63. The predicted molar refractivity (Wildman–Crippen MR) is 290 cm³/mol. The van der Waals surface area contributed by atoms with Crippen LogP contribution in [-0.4, -0.2) is 44.7 Å². The molecule has 0 amide bonds. The van der Waals surface area contributed by atoms with E-state index in [2.05, 4.69) is 240 Å². The first-order chi connectivity index (χ1) is 35.6. The van der Waals surface area contributed by atoms with Crippen LogP contribution in [0.1, 0.15) is 81.7 Å². The fourth-order valence-corrected chi connectivity index (χ4v) is 11.0. The summed E-state index contributed by atoms with van der Waals surface area (Å²) in [6.45, 7) is 0.630. The van der Waals surface area contributed by atoms with Crippen molar-refractivity contribution in [1.29, 1.82) is 0 Å². The fraction of sp³-hybridized carbons (Fsp3) is 0.156. The number of pyridine rings is 2. The lowest BCUT2D eigenvalue weighted by atomic mass is 9.77. The first kappa shape index (κ1) is 46.0. The molecule has 3 aromatic heterocycles. The third-order valence-corrected chi connectivity index (χ3v) is 14.5. The largest absolute Gasteiger partial charge is 0.481 e. The number of hydrogen-bond donors (Lipinski definition) is 2. The molecule has 72 heavy (non-hydrogen) atoms. The van der Waals surface area contributed by atoms with Crippen LogP contribution in [-0.2, 0) is 11.1 Å². The lowest BCUT2D eigenvalue weighted by molar-refractivity contribution is 0.351. The highest BCUT2D eigenvalue weighted by Crippen LogP contribution is 2.45. The van der Waals surface area contributed by atoms with Gasteiger partial charge in [0.1, 0.15) is 22.4 Å². The van der Waals surface area contributed by atoms with Crippen molar-refractivity contribution in [2.24, 2.45) is 0 Å². The van der Waals surface area contributed by atoms with Gasteiger partial charge in [0.2, 0.25) is 5.88 Å². The minimum Gasteiger partial charge on any atom is -0.481 e. The molecule has 0 radical (unpaired) electrons. The van der Waals surface area contributed by atoms with Crippen LogP contribution >= 0.6 is 0 Å². The number of methoxy groups -OCH3 is 1. The van der Waals surface area contributed by atoms with E-state index in [9.17, 15) is 0 Å². The van der Waals surface area contributed by atoms with E-state index in [1.165, 1.54) is 5.56 Å². The number of rotatable bonds is 16. The lowest BCUT2D eigenvalue weighted by Gasteiger charge is -2.38. The van der Waals surface area contributed by atoms with E-state index in [4.69, 9.17) is 20.0 Å². The normalized spacial score (nSPS) is 15.3. The second-order valence-electron chi connectivity index (χ2n) is 18.6. The van der Waals surface area contributed by atoms with Crippen LogP contribution in [0.15, 0.2) is 243 Å². The molecule has 11 rings (SSSR count). The Bertz CT molecular complexity index is 3170. The zero-order valence-electron chi connectivity index (χ0n) is 40.4. The molecule has 1 aliphatic carbocycles. The van der Waals surface area contributed by atoms with Crippen molar-refractivity contribution in [1.82, 2.24) is 30.3 Å². The lowest BCUT2D eigenvalue weighted by Crippen LogP contribution is -2.39. The molecule has 1 fully saturated rings. The Morgan fingerprint density at radius 1 is 0.583 bits per heavy atom. The molecule has 8 nitrogen and oxygen atoms in total. The molecule has 3 heterocycles. The molecule has 8 heteroatoms. The molecule has 1 aliphatic rings. The van der Waals surface area contributed by atoms with E-state index in [1.807, 2.05) is 23.0 Å². The summed E-state index contributed by atoms with van der Waals surface area (Å²) in [5.74, 6) is 1.74. The van der Waals surface area contributed by atoms with Gasteiger partial charge in [0.25, 0.3) is 0 Å². The molecule has 2 N–H and O–H groups in total. The van der Waals surface area contributed by atoms with Crippen molar-refractivity contribution in [3.63, 3.8) is 0 Å². The molecule has 0 bridgehead atoms. The zero-order chi connectivity index (χ0) is 48.6. The number of ether oxygens (including phenoxy) is 1. The van der Waals surface area contributed by atoms with Gasteiger partial charge in [-0.2, -0.15) is 0 Å². The van der Waals surface area contributed by atoms with Crippen molar-refractivity contribution >= 4 is 22.6 Å². The van der Waals surface area contributed by atoms with Crippen molar-refractivity contribution in [2.75, 3.05) is 19.0 Å². The number of hydrogen-bond acceptors (Lipinski definition) is 7. The van der Waals surface area contributed by atoms with Crippen molar-refractivity contribution in [3.8, 4) is 5.88 Å². The van der Waals surface area contributed by atoms with Crippen LogP contribution in [0.4, 0.5) is 5.82 Å². The van der Waals surface area contributed by atoms with Crippen LogP contribution in [0.5, 0.6) is 5.88 Å². The SMILES string of the molecule is COc1cc(/C(=C\CNC2CCC(c3ccccc3)CC2)c2cc(NC(c3ccccc3)(c3ccccc3)c3ccccc3)nc3c2nnn3C(c2ccccc2)(c2ccccc2)c2ccccc2)ccn1. The highest BCUT2D eigenvalue weighted by atomic mass is 16.5. The van der Waals surface area contributed by atoms with Crippen LogP contribution in [0, 0.1) is 0 Å². The highest BCUT2D eigenvalue weighted by molar-refractivity contribution is 5.94. The Balaban J connectivity index is 1.15. The maximum atomic E-state index is 5.80. The number of benzene rings is 7. The summed E-state index contributed by atoms with van der Waals surface area (Å²) in [7, 11) is 1.66. The third kappa shape index (κ3) is 8.86. The minimum absolute atomic E-state index is 0.386. The summed E-state index contributed by atoms with van der Waals surface area (Å²) >= 11 is 0. The first-order valence-corrected chi connectivity index (χ1v) is 25.0. The Morgan fingerprint density at radius 2 is 1.06 bits per heavy atom. The van der Waals surface area contributed by atoms with Gasteiger partial charge in [-0.1, -0.05) is 224 Å². The van der Waals surface area contributed by atoms with Gasteiger partial charge in [0.15, 0.2) is 5.65 Å². The van der Waals surface area contributed by atoms with Gasteiger partial charge < -0.3 is 15.4 Å². The molecule has 0 spiro atoms. The molecule has 354 valence electrons. The highest BCUT2D eigenvalue weighted by Gasteiger charge is 2.43. The summed E-state index contributed by atoms with van der Waals surface area (Å²) in [4.78, 5) is 10.3. The van der Waals surface area contributed by atoms with E-state index in [0.29, 0.717) is 41.4 Å². The van der Waals surface area contributed by atoms with E-state index in [-0.39, 0.29) is 0 Å². The van der Waals surface area contributed by atoms with E-state index in [1.54, 1.807) is 7.11 Å². The second-order valence-corrected chi connectivity index (χ2v) is 18.6. The minimum atomic E-state index is -0.999. The molecule has 0 saturated heterocycles. The van der Waals surface area contributed by atoms with Crippen molar-refractivity contribution in [3.05, 3.63) is 293 Å². The summed E-state index contributed by atoms with van der Waals surface area (Å²) < 4.78 is 7.84. The maximum Gasteiger partial charge on any atom is 0.213 e. The zero-order valence-corrected chi connectivity index (χ0v) is 40.4. The molecule has 1 saturated carbocycles. The van der Waals surface area contributed by atoms with Gasteiger partial charge in [0, 0.05) is 30.4 Å². The first-order valence-electron chi connectivity index (χ1n) is 25.0. The van der Waals surface area contributed by atoms with Crippen LogP contribution in [0.25, 0.3) is 16.7 Å². The van der Waals surface area contributed by atoms with E-state index < -0.39 is 11.1 Å². The quantitative estimate of drug-likeness (QED) is 0.0933. The van der Waals surface area contributed by atoms with Gasteiger partial charge in [-0.3, -0.25) is 0 Å². The number of fused-ring (bicyclic) bond motifs is 1. The van der Waals surface area contributed by atoms with Crippen molar-refractivity contribution < 1.29 is 4.74 Å². The second kappa shape index (κ2) is 20.9. The number of nitrogens with zero attached hydrogens (tertiary/aromatic N) is 5. The average Bonchev–Trinajstić information content (AvgIpc) is 3.89. The topological polar surface area (TPSA) is 89.8 Å². The molecule has 0 unspecified atom stereocenters. The molecule has 7 aromatic carbocycles. The van der Waals surface area contributed by atoms with Gasteiger partial charge in [-0.25, -0.2) is 14.6 Å². The smallest absolute Gasteiger partial charge is 0.213 e. The molecule has 0 aliphatic heterocycles. The summed E-state index contributed by atoms with van der Waals surface area (Å²) in [5.41, 5.74) is 9.80. The van der Waals surface area contributed by atoms with Gasteiger partial charge in [-0.05, 0) is 93.8 Å². The Hall–Kier alpha value is -8.46. The van der Waals surface area contributed by atoms with Gasteiger partial charge in [0.05, 0.1) is 7.11 Å². The van der Waals surface area contributed by atoms with Gasteiger partial charge in [-0.15, -0.1) is 5.10 Å². The Kier molecular flexibility index (Phi) is 13.3. The monoisotopic (exact) mass is 939 g/mol. The average molecular weight is 940 g/mol. The molecule has 10 aromatic rings. The molecular formula is C64H57N7O. The number of nitrogens with one attached hydrogen (secondary N) is 2. The van der Waals surface area contributed by atoms with Crippen LogP contribution < -0.4 is 15.4 Å². The van der Waals surface area contributed by atoms with Crippen LogP contribution in [0.3, 0.4) is 0 Å².